The summed E-state index contributed by atoms with van der Waals surface area (Å²) in [4.78, 5) is 22.6. The van der Waals surface area contributed by atoms with Crippen LogP contribution in [-0.4, -0.2) is 25.5 Å². The van der Waals surface area contributed by atoms with Crippen LogP contribution in [0.3, 0.4) is 0 Å². The molecular formula is C15H15N3O5S. The number of nitro benzene ring substituents is 1. The van der Waals surface area contributed by atoms with Crippen LogP contribution in [0.4, 0.5) is 17.1 Å². The van der Waals surface area contributed by atoms with Crippen molar-refractivity contribution in [1.82, 2.24) is 0 Å². The van der Waals surface area contributed by atoms with E-state index in [1.54, 1.807) is 18.2 Å². The van der Waals surface area contributed by atoms with Gasteiger partial charge in [-0.05, 0) is 12.1 Å². The maximum atomic E-state index is 12.2. The van der Waals surface area contributed by atoms with Crippen LogP contribution in [0.25, 0.3) is 0 Å². The molecule has 0 aliphatic carbocycles. The third-order valence-electron chi connectivity index (χ3n) is 3.04. The number of nitro groups is 1. The van der Waals surface area contributed by atoms with Crippen LogP contribution in [0.15, 0.2) is 48.5 Å². The molecule has 0 radical (unpaired) electrons. The molecule has 0 aliphatic heterocycles. The van der Waals surface area contributed by atoms with Crippen LogP contribution >= 0.6 is 0 Å². The third kappa shape index (κ3) is 4.78. The third-order valence-corrected chi connectivity index (χ3v) is 3.63. The zero-order valence-corrected chi connectivity index (χ0v) is 13.5. The van der Waals surface area contributed by atoms with Crippen LogP contribution in [0.2, 0.25) is 0 Å². The standard InChI is InChI=1S/C15H15N3O5S/c1-24(22,23)17-13-8-4-3-7-12(13)16-15(19)10-11-6-2-5-9-14(11)18(20)21/h2-9,17H,10H2,1H3,(H,16,19). The highest BCUT2D eigenvalue weighted by Gasteiger charge is 2.16. The Morgan fingerprint density at radius 3 is 2.29 bits per heavy atom. The summed E-state index contributed by atoms with van der Waals surface area (Å²) < 4.78 is 25.0. The van der Waals surface area contributed by atoms with Crippen LogP contribution in [-0.2, 0) is 21.2 Å². The molecule has 0 atom stereocenters. The van der Waals surface area contributed by atoms with E-state index in [0.717, 1.165) is 6.26 Å². The number of nitrogens with one attached hydrogen (secondary N) is 2. The van der Waals surface area contributed by atoms with Crippen LogP contribution < -0.4 is 10.0 Å². The minimum atomic E-state index is -3.50. The molecule has 0 fully saturated rings. The Labute approximate surface area is 138 Å². The van der Waals surface area contributed by atoms with Crippen molar-refractivity contribution >= 4 is 33.0 Å². The van der Waals surface area contributed by atoms with Gasteiger partial charge in [-0.15, -0.1) is 0 Å². The van der Waals surface area contributed by atoms with Crippen LogP contribution in [0, 0.1) is 10.1 Å². The lowest BCUT2D eigenvalue weighted by atomic mass is 10.1. The van der Waals surface area contributed by atoms with E-state index < -0.39 is 20.9 Å². The Morgan fingerprint density at radius 2 is 1.67 bits per heavy atom. The maximum absolute atomic E-state index is 12.2. The minimum absolute atomic E-state index is 0.143. The van der Waals surface area contributed by atoms with Gasteiger partial charge in [0.15, 0.2) is 0 Å². The van der Waals surface area contributed by atoms with Gasteiger partial charge in [0.2, 0.25) is 15.9 Å². The molecule has 0 heterocycles. The van der Waals surface area contributed by atoms with Gasteiger partial charge < -0.3 is 5.32 Å². The van der Waals surface area contributed by atoms with Gasteiger partial charge in [-0.25, -0.2) is 8.42 Å². The molecule has 8 nitrogen and oxygen atoms in total. The number of sulfonamides is 1. The fraction of sp³-hybridized carbons (Fsp3) is 0.133. The van der Waals surface area contributed by atoms with Crippen molar-refractivity contribution in [2.24, 2.45) is 0 Å². The van der Waals surface area contributed by atoms with Gasteiger partial charge in [0.05, 0.1) is 29.0 Å². The Bertz CT molecular complexity index is 880. The molecule has 24 heavy (non-hydrogen) atoms. The fourth-order valence-electron chi connectivity index (χ4n) is 2.09. The Balaban J connectivity index is 2.18. The average molecular weight is 349 g/mol. The van der Waals surface area contributed by atoms with Gasteiger partial charge in [-0.3, -0.25) is 19.6 Å². The molecule has 0 spiro atoms. The van der Waals surface area contributed by atoms with E-state index in [9.17, 15) is 23.3 Å². The largest absolute Gasteiger partial charge is 0.324 e. The zero-order chi connectivity index (χ0) is 17.7. The van der Waals surface area contributed by atoms with E-state index in [1.807, 2.05) is 0 Å². The van der Waals surface area contributed by atoms with Crippen molar-refractivity contribution in [3.05, 3.63) is 64.2 Å². The van der Waals surface area contributed by atoms with Crippen molar-refractivity contribution < 1.29 is 18.1 Å². The Kier molecular flexibility index (Phi) is 5.14. The zero-order valence-electron chi connectivity index (χ0n) is 12.7. The Morgan fingerprint density at radius 1 is 1.08 bits per heavy atom. The maximum Gasteiger partial charge on any atom is 0.273 e. The van der Waals surface area contributed by atoms with Crippen molar-refractivity contribution in [2.45, 2.75) is 6.42 Å². The molecular weight excluding hydrogens is 334 g/mol. The summed E-state index contributed by atoms with van der Waals surface area (Å²) in [6, 6.07) is 12.2. The molecule has 2 N–H and O–H groups in total. The Hall–Kier alpha value is -2.94. The van der Waals surface area contributed by atoms with E-state index in [4.69, 9.17) is 0 Å². The molecule has 0 aromatic heterocycles. The van der Waals surface area contributed by atoms with E-state index >= 15 is 0 Å². The molecule has 2 aromatic carbocycles. The molecule has 2 aromatic rings. The summed E-state index contributed by atoms with van der Waals surface area (Å²) in [6.45, 7) is 0. The van der Waals surface area contributed by atoms with Gasteiger partial charge in [0.25, 0.3) is 5.69 Å². The summed E-state index contributed by atoms with van der Waals surface area (Å²) >= 11 is 0. The average Bonchev–Trinajstić information content (AvgIpc) is 2.48. The highest BCUT2D eigenvalue weighted by atomic mass is 32.2. The second-order valence-electron chi connectivity index (χ2n) is 5.03. The summed E-state index contributed by atoms with van der Waals surface area (Å²) in [5.41, 5.74) is 0.617. The highest BCUT2D eigenvalue weighted by Crippen LogP contribution is 2.23. The molecule has 0 aliphatic rings. The predicted octanol–water partition coefficient (Wildman–Crippen LogP) is 2.15. The number of carbonyl (C=O) groups is 1. The highest BCUT2D eigenvalue weighted by molar-refractivity contribution is 7.92. The number of benzene rings is 2. The van der Waals surface area contributed by atoms with Gasteiger partial charge in [0, 0.05) is 11.6 Å². The molecule has 9 heteroatoms. The van der Waals surface area contributed by atoms with E-state index in [0.29, 0.717) is 0 Å². The van der Waals surface area contributed by atoms with E-state index in [-0.39, 0.29) is 29.0 Å². The van der Waals surface area contributed by atoms with E-state index in [2.05, 4.69) is 10.0 Å². The minimum Gasteiger partial charge on any atom is -0.324 e. The van der Waals surface area contributed by atoms with Crippen molar-refractivity contribution in [2.75, 3.05) is 16.3 Å². The summed E-state index contributed by atoms with van der Waals surface area (Å²) in [5, 5.41) is 13.5. The topological polar surface area (TPSA) is 118 Å². The number of hydrogen-bond donors (Lipinski definition) is 2. The lowest BCUT2D eigenvalue weighted by Gasteiger charge is -2.12. The number of nitrogens with zero attached hydrogens (tertiary/aromatic N) is 1. The van der Waals surface area contributed by atoms with Gasteiger partial charge in [-0.1, -0.05) is 30.3 Å². The second kappa shape index (κ2) is 7.09. The summed E-state index contributed by atoms with van der Waals surface area (Å²) in [7, 11) is -3.50. The normalized spacial score (nSPS) is 10.9. The molecule has 126 valence electrons. The number of anilines is 2. The molecule has 0 saturated carbocycles. The number of rotatable bonds is 6. The number of hydrogen-bond acceptors (Lipinski definition) is 5. The fourth-order valence-corrected chi connectivity index (χ4v) is 2.66. The molecule has 0 bridgehead atoms. The van der Waals surface area contributed by atoms with Crippen molar-refractivity contribution in [3.8, 4) is 0 Å². The van der Waals surface area contributed by atoms with Crippen LogP contribution in [0.5, 0.6) is 0 Å². The molecule has 0 saturated heterocycles. The van der Waals surface area contributed by atoms with Crippen LogP contribution in [0.1, 0.15) is 5.56 Å². The van der Waals surface area contributed by atoms with Crippen molar-refractivity contribution in [1.29, 1.82) is 0 Å². The SMILES string of the molecule is CS(=O)(=O)Nc1ccccc1NC(=O)Cc1ccccc1[N+](=O)[O-]. The van der Waals surface area contributed by atoms with Gasteiger partial charge in [-0.2, -0.15) is 0 Å². The number of carbonyl (C=O) groups excluding carboxylic acids is 1. The monoisotopic (exact) mass is 349 g/mol. The van der Waals surface area contributed by atoms with E-state index in [1.165, 1.54) is 30.3 Å². The molecule has 2 rings (SSSR count). The first-order valence-electron chi connectivity index (χ1n) is 6.85. The lowest BCUT2D eigenvalue weighted by molar-refractivity contribution is -0.385. The predicted molar refractivity (Wildman–Crippen MR) is 90.3 cm³/mol. The lowest BCUT2D eigenvalue weighted by Crippen LogP contribution is -2.18. The quantitative estimate of drug-likeness (QED) is 0.612. The summed E-state index contributed by atoms with van der Waals surface area (Å²) in [6.07, 6.45) is 0.795. The molecule has 0 unspecified atom stereocenters. The number of para-hydroxylation sites is 3. The first-order valence-corrected chi connectivity index (χ1v) is 8.74. The summed E-state index contributed by atoms with van der Waals surface area (Å²) in [5.74, 6) is -0.493. The smallest absolute Gasteiger partial charge is 0.273 e. The first kappa shape index (κ1) is 17.4. The van der Waals surface area contributed by atoms with Crippen molar-refractivity contribution in [3.63, 3.8) is 0 Å². The number of amides is 1. The van der Waals surface area contributed by atoms with Gasteiger partial charge in [0.1, 0.15) is 0 Å². The van der Waals surface area contributed by atoms with Gasteiger partial charge >= 0.3 is 0 Å². The molecule has 1 amide bonds. The second-order valence-corrected chi connectivity index (χ2v) is 6.78. The first-order chi connectivity index (χ1) is 11.3.